The van der Waals surface area contributed by atoms with E-state index in [0.29, 0.717) is 31.0 Å². The summed E-state index contributed by atoms with van der Waals surface area (Å²) in [5.74, 6) is 1.11. The van der Waals surface area contributed by atoms with Gasteiger partial charge in [0.1, 0.15) is 0 Å². The first-order valence-electron chi connectivity index (χ1n) is 8.59. The zero-order valence-electron chi connectivity index (χ0n) is 14.1. The van der Waals surface area contributed by atoms with Gasteiger partial charge >= 0.3 is 11.9 Å². The van der Waals surface area contributed by atoms with Crippen molar-refractivity contribution in [2.75, 3.05) is 13.2 Å². The third-order valence-electron chi connectivity index (χ3n) is 5.93. The lowest BCUT2D eigenvalue weighted by Crippen LogP contribution is -2.31. The van der Waals surface area contributed by atoms with Crippen LogP contribution in [-0.2, 0) is 19.1 Å². The largest absolute Gasteiger partial charge is 0.463 e. The van der Waals surface area contributed by atoms with Crippen molar-refractivity contribution in [3.05, 3.63) is 25.3 Å². The van der Waals surface area contributed by atoms with Gasteiger partial charge in [0.25, 0.3) is 0 Å². The second-order valence-electron chi connectivity index (χ2n) is 7.08. The smallest absolute Gasteiger partial charge is 0.330 e. The molecule has 23 heavy (non-hydrogen) atoms. The van der Waals surface area contributed by atoms with Gasteiger partial charge in [0.05, 0.1) is 13.2 Å². The number of ether oxygens (including phenoxy) is 2. The Balaban J connectivity index is 1.93. The Kier molecular flexibility index (Phi) is 6.03. The highest BCUT2D eigenvalue weighted by Crippen LogP contribution is 2.55. The van der Waals surface area contributed by atoms with Gasteiger partial charge in [-0.3, -0.25) is 0 Å². The zero-order chi connectivity index (χ0) is 16.9. The van der Waals surface area contributed by atoms with Crippen LogP contribution >= 0.6 is 0 Å². The standard InChI is InChI=1S/C19H28O4/c1-4-17(20)22-11-9-15-7-6-14(3)19(10-8-16(15)12-19)13-23-18(21)5-2/h4-5,14-16H,1-2,6-13H2,3H3. The molecule has 0 amide bonds. The van der Waals surface area contributed by atoms with Crippen LogP contribution < -0.4 is 0 Å². The normalized spacial score (nSPS) is 32.7. The molecular weight excluding hydrogens is 292 g/mol. The van der Waals surface area contributed by atoms with Crippen molar-refractivity contribution in [1.82, 2.24) is 0 Å². The summed E-state index contributed by atoms with van der Waals surface area (Å²) in [6.07, 6.45) is 9.07. The van der Waals surface area contributed by atoms with E-state index in [2.05, 4.69) is 20.1 Å². The van der Waals surface area contributed by atoms with E-state index in [1.54, 1.807) is 0 Å². The molecule has 2 aliphatic carbocycles. The average Bonchev–Trinajstić information content (AvgIpc) is 2.95. The molecule has 4 nitrogen and oxygen atoms in total. The Morgan fingerprint density at radius 1 is 1.13 bits per heavy atom. The van der Waals surface area contributed by atoms with Gasteiger partial charge in [-0.1, -0.05) is 20.1 Å². The lowest BCUT2D eigenvalue weighted by atomic mass is 9.74. The molecule has 0 aromatic rings. The molecule has 4 heteroatoms. The molecule has 2 bridgehead atoms. The van der Waals surface area contributed by atoms with Gasteiger partial charge in [-0.25, -0.2) is 9.59 Å². The fourth-order valence-corrected chi connectivity index (χ4v) is 4.35. The van der Waals surface area contributed by atoms with Crippen LogP contribution in [0.25, 0.3) is 0 Å². The van der Waals surface area contributed by atoms with E-state index in [0.717, 1.165) is 32.1 Å². The van der Waals surface area contributed by atoms with E-state index in [-0.39, 0.29) is 17.4 Å². The van der Waals surface area contributed by atoms with E-state index >= 15 is 0 Å². The molecule has 2 fully saturated rings. The Morgan fingerprint density at radius 3 is 2.52 bits per heavy atom. The third-order valence-corrected chi connectivity index (χ3v) is 5.93. The SMILES string of the molecule is C=CC(=O)OCCC1CCC(C)C2(COC(=O)C=C)CCC1C2. The monoisotopic (exact) mass is 320 g/mol. The molecule has 2 aliphatic rings. The van der Waals surface area contributed by atoms with Crippen LogP contribution in [0.3, 0.4) is 0 Å². The van der Waals surface area contributed by atoms with Gasteiger partial charge in [0.2, 0.25) is 0 Å². The minimum atomic E-state index is -0.343. The van der Waals surface area contributed by atoms with Crippen molar-refractivity contribution in [2.24, 2.45) is 23.2 Å². The second-order valence-corrected chi connectivity index (χ2v) is 7.08. The van der Waals surface area contributed by atoms with Crippen molar-refractivity contribution in [1.29, 1.82) is 0 Å². The predicted molar refractivity (Wildman–Crippen MR) is 88.6 cm³/mol. The van der Waals surface area contributed by atoms with Crippen molar-refractivity contribution < 1.29 is 19.1 Å². The minimum Gasteiger partial charge on any atom is -0.463 e. The van der Waals surface area contributed by atoms with Gasteiger partial charge in [-0.2, -0.15) is 0 Å². The quantitative estimate of drug-likeness (QED) is 0.530. The molecule has 0 radical (unpaired) electrons. The number of carbonyl (C=O) groups excluding carboxylic acids is 2. The van der Waals surface area contributed by atoms with Gasteiger partial charge in [0.15, 0.2) is 0 Å². The maximum absolute atomic E-state index is 11.4. The lowest BCUT2D eigenvalue weighted by Gasteiger charge is -2.34. The zero-order valence-corrected chi connectivity index (χ0v) is 14.1. The van der Waals surface area contributed by atoms with Crippen LogP contribution in [0.5, 0.6) is 0 Å². The van der Waals surface area contributed by atoms with E-state index in [1.165, 1.54) is 18.6 Å². The Labute approximate surface area is 138 Å². The minimum absolute atomic E-state index is 0.121. The van der Waals surface area contributed by atoms with Gasteiger partial charge < -0.3 is 9.47 Å². The Hall–Kier alpha value is -1.58. The summed E-state index contributed by atoms with van der Waals surface area (Å²) in [5, 5.41) is 0. The second kappa shape index (κ2) is 7.80. The number of rotatable bonds is 7. The van der Waals surface area contributed by atoms with Crippen LogP contribution in [0.15, 0.2) is 25.3 Å². The van der Waals surface area contributed by atoms with E-state index in [9.17, 15) is 9.59 Å². The van der Waals surface area contributed by atoms with Crippen molar-refractivity contribution >= 4 is 11.9 Å². The van der Waals surface area contributed by atoms with E-state index < -0.39 is 0 Å². The maximum Gasteiger partial charge on any atom is 0.330 e. The van der Waals surface area contributed by atoms with E-state index in [1.807, 2.05) is 0 Å². The summed E-state index contributed by atoms with van der Waals surface area (Å²) >= 11 is 0. The van der Waals surface area contributed by atoms with Crippen LogP contribution in [0.2, 0.25) is 0 Å². The van der Waals surface area contributed by atoms with Crippen LogP contribution in [0.1, 0.15) is 45.4 Å². The highest BCUT2D eigenvalue weighted by atomic mass is 16.5. The van der Waals surface area contributed by atoms with Crippen LogP contribution in [-0.4, -0.2) is 25.2 Å². The van der Waals surface area contributed by atoms with Crippen LogP contribution in [0.4, 0.5) is 0 Å². The number of esters is 2. The molecule has 2 saturated carbocycles. The Morgan fingerprint density at radius 2 is 1.83 bits per heavy atom. The topological polar surface area (TPSA) is 52.6 Å². The molecule has 4 atom stereocenters. The van der Waals surface area contributed by atoms with Gasteiger partial charge in [-0.05, 0) is 56.3 Å². The number of fused-ring (bicyclic) bond motifs is 2. The first-order valence-corrected chi connectivity index (χ1v) is 8.59. The summed E-state index contributed by atoms with van der Waals surface area (Å²) in [4.78, 5) is 22.6. The fraction of sp³-hybridized carbons (Fsp3) is 0.684. The molecule has 0 aromatic carbocycles. The third kappa shape index (κ3) is 4.24. The number of carbonyl (C=O) groups is 2. The summed E-state index contributed by atoms with van der Waals surface area (Å²) in [6.45, 7) is 10.1. The molecule has 0 heterocycles. The summed E-state index contributed by atoms with van der Waals surface area (Å²) in [5.41, 5.74) is 0.121. The molecule has 0 saturated heterocycles. The first kappa shape index (κ1) is 17.8. The van der Waals surface area contributed by atoms with Gasteiger partial charge in [-0.15, -0.1) is 0 Å². The molecule has 0 aliphatic heterocycles. The van der Waals surface area contributed by atoms with Crippen molar-refractivity contribution in [2.45, 2.75) is 45.4 Å². The highest BCUT2D eigenvalue weighted by molar-refractivity contribution is 5.81. The number of hydrogen-bond acceptors (Lipinski definition) is 4. The highest BCUT2D eigenvalue weighted by Gasteiger charge is 2.48. The average molecular weight is 320 g/mol. The molecule has 4 unspecified atom stereocenters. The maximum atomic E-state index is 11.4. The molecule has 0 aromatic heterocycles. The van der Waals surface area contributed by atoms with E-state index in [4.69, 9.17) is 9.47 Å². The van der Waals surface area contributed by atoms with Crippen molar-refractivity contribution in [3.8, 4) is 0 Å². The first-order chi connectivity index (χ1) is 11.0. The molecule has 0 N–H and O–H groups in total. The summed E-state index contributed by atoms with van der Waals surface area (Å²) in [6, 6.07) is 0. The number of hydrogen-bond donors (Lipinski definition) is 0. The van der Waals surface area contributed by atoms with Crippen LogP contribution in [0, 0.1) is 23.2 Å². The summed E-state index contributed by atoms with van der Waals surface area (Å²) in [7, 11) is 0. The molecule has 0 spiro atoms. The summed E-state index contributed by atoms with van der Waals surface area (Å²) < 4.78 is 10.6. The predicted octanol–water partition coefficient (Wildman–Crippen LogP) is 3.67. The molecular formula is C19H28O4. The Bertz CT molecular complexity index is 470. The van der Waals surface area contributed by atoms with Crippen molar-refractivity contribution in [3.63, 3.8) is 0 Å². The molecule has 2 rings (SSSR count). The lowest BCUT2D eigenvalue weighted by molar-refractivity contribution is -0.142. The molecule has 128 valence electrons. The fourth-order valence-electron chi connectivity index (χ4n) is 4.35. The van der Waals surface area contributed by atoms with Gasteiger partial charge in [0, 0.05) is 17.6 Å².